The van der Waals surface area contributed by atoms with Gasteiger partial charge >= 0.3 is 0 Å². The molecule has 0 radical (unpaired) electrons. The summed E-state index contributed by atoms with van der Waals surface area (Å²) in [5.74, 6) is 0. The maximum atomic E-state index is 12.7. The van der Waals surface area contributed by atoms with Gasteiger partial charge in [-0.25, -0.2) is 13.5 Å². The van der Waals surface area contributed by atoms with E-state index in [9.17, 15) is 13.6 Å². The lowest BCUT2D eigenvalue weighted by Crippen LogP contribution is -2.21. The van der Waals surface area contributed by atoms with Gasteiger partial charge in [-0.05, 0) is 12.5 Å². The second-order valence-electron chi connectivity index (χ2n) is 4.08. The Kier molecular flexibility index (Phi) is 3.36. The Morgan fingerprint density at radius 2 is 2.17 bits per heavy atom. The average Bonchev–Trinajstić information content (AvgIpc) is 2.33. The number of aromatic nitrogens is 3. The lowest BCUT2D eigenvalue weighted by atomic mass is 10.1. The minimum atomic E-state index is -2.64. The Hall–Kier alpha value is -1.85. The highest BCUT2D eigenvalue weighted by atomic mass is 19.3. The summed E-state index contributed by atoms with van der Waals surface area (Å²) in [7, 11) is 1.53. The van der Waals surface area contributed by atoms with E-state index in [0.717, 1.165) is 6.42 Å². The van der Waals surface area contributed by atoms with Crippen molar-refractivity contribution in [1.82, 2.24) is 14.8 Å². The van der Waals surface area contributed by atoms with E-state index in [-0.39, 0.29) is 11.3 Å². The number of rotatable bonds is 3. The molecule has 18 heavy (non-hydrogen) atoms. The molecule has 2 rings (SSSR count). The zero-order chi connectivity index (χ0) is 13.3. The first kappa shape index (κ1) is 12.6. The van der Waals surface area contributed by atoms with E-state index >= 15 is 0 Å². The first-order chi connectivity index (χ1) is 8.54. The van der Waals surface area contributed by atoms with Crippen molar-refractivity contribution < 1.29 is 8.78 Å². The maximum absolute atomic E-state index is 12.7. The predicted octanol–water partition coefficient (Wildman–Crippen LogP) is 2.22. The minimum absolute atomic E-state index is 0.302. The summed E-state index contributed by atoms with van der Waals surface area (Å²) in [5, 5.41) is 4.65. The zero-order valence-electron chi connectivity index (χ0n) is 10.2. The van der Waals surface area contributed by atoms with Crippen molar-refractivity contribution in [2.45, 2.75) is 26.2 Å². The number of hydrogen-bond donors (Lipinski definition) is 0. The molecule has 96 valence electrons. The summed E-state index contributed by atoms with van der Waals surface area (Å²) in [4.78, 5) is 15.9. The van der Waals surface area contributed by atoms with Gasteiger partial charge in [0, 0.05) is 12.4 Å². The minimum Gasteiger partial charge on any atom is -0.267 e. The molecule has 0 N–H and O–H groups in total. The van der Waals surface area contributed by atoms with Gasteiger partial charge in [0.2, 0.25) is 0 Å². The normalized spacial score (nSPS) is 11.4. The standard InChI is InChI=1S/C12H13F2N3O/c1-3-4-8-10-7(5-9(16-8)11(13)14)6-15-17(2)12(10)18/h5-6,11H,3-4H2,1-2H3. The lowest BCUT2D eigenvalue weighted by molar-refractivity contribution is 0.146. The molecule has 0 aliphatic carbocycles. The Bertz CT molecular complexity index is 637. The molecule has 0 spiro atoms. The van der Waals surface area contributed by atoms with Crippen molar-refractivity contribution in [3.05, 3.63) is 34.0 Å². The van der Waals surface area contributed by atoms with Crippen molar-refractivity contribution in [2.24, 2.45) is 7.05 Å². The Balaban J connectivity index is 2.81. The molecule has 0 amide bonds. The van der Waals surface area contributed by atoms with Crippen LogP contribution in [0.4, 0.5) is 8.78 Å². The molecule has 0 atom stereocenters. The number of halogens is 2. The van der Waals surface area contributed by atoms with Crippen LogP contribution in [0.3, 0.4) is 0 Å². The van der Waals surface area contributed by atoms with Crippen LogP contribution in [-0.2, 0) is 13.5 Å². The summed E-state index contributed by atoms with van der Waals surface area (Å²) in [5.41, 5.74) is -0.182. The molecular formula is C12H13F2N3O. The van der Waals surface area contributed by atoms with Gasteiger partial charge in [0.1, 0.15) is 5.69 Å². The molecule has 2 heterocycles. The number of fused-ring (bicyclic) bond motifs is 1. The number of alkyl halides is 2. The highest BCUT2D eigenvalue weighted by molar-refractivity contribution is 5.83. The first-order valence-corrected chi connectivity index (χ1v) is 5.68. The average molecular weight is 253 g/mol. The van der Waals surface area contributed by atoms with E-state index in [4.69, 9.17) is 0 Å². The number of aryl methyl sites for hydroxylation is 2. The summed E-state index contributed by atoms with van der Waals surface area (Å²) in [6, 6.07) is 1.23. The summed E-state index contributed by atoms with van der Waals surface area (Å²) >= 11 is 0. The van der Waals surface area contributed by atoms with Crippen LogP contribution in [0, 0.1) is 0 Å². The van der Waals surface area contributed by atoms with Crippen molar-refractivity contribution >= 4 is 10.8 Å². The summed E-state index contributed by atoms with van der Waals surface area (Å²) in [6.07, 6.45) is 0.00843. The molecule has 0 aliphatic heterocycles. The molecule has 0 fully saturated rings. The van der Waals surface area contributed by atoms with Crippen LogP contribution in [0.2, 0.25) is 0 Å². The SMILES string of the molecule is CCCc1nc(C(F)F)cc2cnn(C)c(=O)c12. The Morgan fingerprint density at radius 1 is 1.44 bits per heavy atom. The second-order valence-corrected chi connectivity index (χ2v) is 4.08. The van der Waals surface area contributed by atoms with Gasteiger partial charge in [0.25, 0.3) is 12.0 Å². The third-order valence-corrected chi connectivity index (χ3v) is 2.73. The molecule has 0 unspecified atom stereocenters. The molecule has 0 saturated heterocycles. The fourth-order valence-corrected chi connectivity index (χ4v) is 1.88. The highest BCUT2D eigenvalue weighted by Gasteiger charge is 2.15. The molecular weight excluding hydrogens is 240 g/mol. The number of nitrogens with zero attached hydrogens (tertiary/aromatic N) is 3. The van der Waals surface area contributed by atoms with Gasteiger partial charge in [-0.3, -0.25) is 9.78 Å². The monoisotopic (exact) mass is 253 g/mol. The van der Waals surface area contributed by atoms with Gasteiger partial charge in [-0.15, -0.1) is 0 Å². The lowest BCUT2D eigenvalue weighted by Gasteiger charge is -2.08. The van der Waals surface area contributed by atoms with Crippen LogP contribution >= 0.6 is 0 Å². The van der Waals surface area contributed by atoms with Crippen LogP contribution in [-0.4, -0.2) is 14.8 Å². The van der Waals surface area contributed by atoms with Crippen molar-refractivity contribution in [1.29, 1.82) is 0 Å². The third kappa shape index (κ3) is 2.10. The molecule has 0 saturated carbocycles. The van der Waals surface area contributed by atoms with E-state index in [2.05, 4.69) is 10.1 Å². The fourth-order valence-electron chi connectivity index (χ4n) is 1.88. The van der Waals surface area contributed by atoms with Crippen LogP contribution in [0.1, 0.15) is 31.2 Å². The molecule has 0 aliphatic rings. The van der Waals surface area contributed by atoms with Crippen molar-refractivity contribution in [3.63, 3.8) is 0 Å². The van der Waals surface area contributed by atoms with E-state index in [1.165, 1.54) is 24.0 Å². The molecule has 0 bridgehead atoms. The van der Waals surface area contributed by atoms with E-state index in [1.54, 1.807) is 0 Å². The van der Waals surface area contributed by atoms with E-state index in [0.29, 0.717) is 22.9 Å². The van der Waals surface area contributed by atoms with Crippen LogP contribution in [0.15, 0.2) is 17.1 Å². The molecule has 2 aromatic rings. The van der Waals surface area contributed by atoms with Gasteiger partial charge in [-0.2, -0.15) is 5.10 Å². The summed E-state index contributed by atoms with van der Waals surface area (Å²) in [6.45, 7) is 1.91. The van der Waals surface area contributed by atoms with Gasteiger partial charge < -0.3 is 0 Å². The Labute approximate surface area is 102 Å². The molecule has 2 aromatic heterocycles. The first-order valence-electron chi connectivity index (χ1n) is 5.68. The quantitative estimate of drug-likeness (QED) is 0.842. The highest BCUT2D eigenvalue weighted by Crippen LogP contribution is 2.22. The fraction of sp³-hybridized carbons (Fsp3) is 0.417. The molecule has 0 aromatic carbocycles. The second kappa shape index (κ2) is 4.80. The van der Waals surface area contributed by atoms with Gasteiger partial charge in [0.15, 0.2) is 0 Å². The maximum Gasteiger partial charge on any atom is 0.280 e. The van der Waals surface area contributed by atoms with Gasteiger partial charge in [-0.1, -0.05) is 13.3 Å². The third-order valence-electron chi connectivity index (χ3n) is 2.73. The smallest absolute Gasteiger partial charge is 0.267 e. The van der Waals surface area contributed by atoms with E-state index in [1.807, 2.05) is 6.92 Å². The van der Waals surface area contributed by atoms with Crippen LogP contribution in [0.5, 0.6) is 0 Å². The number of hydrogen-bond acceptors (Lipinski definition) is 3. The van der Waals surface area contributed by atoms with Crippen molar-refractivity contribution in [2.75, 3.05) is 0 Å². The van der Waals surface area contributed by atoms with Gasteiger partial charge in [0.05, 0.1) is 17.3 Å². The van der Waals surface area contributed by atoms with E-state index < -0.39 is 6.43 Å². The molecule has 6 heteroatoms. The van der Waals surface area contributed by atoms with Crippen molar-refractivity contribution in [3.8, 4) is 0 Å². The zero-order valence-corrected chi connectivity index (χ0v) is 10.2. The summed E-state index contributed by atoms with van der Waals surface area (Å²) < 4.78 is 26.6. The number of pyridine rings is 1. The van der Waals surface area contributed by atoms with Crippen LogP contribution < -0.4 is 5.56 Å². The topological polar surface area (TPSA) is 47.8 Å². The van der Waals surface area contributed by atoms with Crippen LogP contribution in [0.25, 0.3) is 10.8 Å². The largest absolute Gasteiger partial charge is 0.280 e. The Morgan fingerprint density at radius 3 is 2.78 bits per heavy atom. The predicted molar refractivity (Wildman–Crippen MR) is 63.7 cm³/mol. The molecule has 4 nitrogen and oxygen atoms in total.